The molecule has 7 nitrogen and oxygen atoms in total. The van der Waals surface area contributed by atoms with Gasteiger partial charge in [0.05, 0.1) is 18.9 Å². The number of rotatable bonds is 9. The van der Waals surface area contributed by atoms with Crippen LogP contribution < -0.4 is 5.32 Å². The third-order valence-corrected chi connectivity index (χ3v) is 3.92. The Bertz CT molecular complexity index is 645. The lowest BCUT2D eigenvalue weighted by Gasteiger charge is -2.09. The Balaban J connectivity index is 2.14. The van der Waals surface area contributed by atoms with E-state index in [9.17, 15) is 4.79 Å². The maximum absolute atomic E-state index is 11.7. The molecular weight excluding hydrogens is 314 g/mol. The fourth-order valence-corrected chi connectivity index (χ4v) is 2.66. The van der Waals surface area contributed by atoms with Crippen LogP contribution >= 0.6 is 11.8 Å². The molecule has 23 heavy (non-hydrogen) atoms. The number of nitrogens with one attached hydrogen (secondary N) is 1. The van der Waals surface area contributed by atoms with Gasteiger partial charge in [0.25, 0.3) is 0 Å². The van der Waals surface area contributed by atoms with Gasteiger partial charge < -0.3 is 10.1 Å². The smallest absolute Gasteiger partial charge is 0.230 e. The third kappa shape index (κ3) is 4.90. The molecule has 2 rings (SSSR count). The van der Waals surface area contributed by atoms with Crippen LogP contribution in [0.25, 0.3) is 11.4 Å². The summed E-state index contributed by atoms with van der Waals surface area (Å²) < 4.78 is 7.10. The second kappa shape index (κ2) is 9.06. The summed E-state index contributed by atoms with van der Waals surface area (Å²) in [5.74, 6) is 0.940. The van der Waals surface area contributed by atoms with Crippen molar-refractivity contribution < 1.29 is 9.53 Å². The van der Waals surface area contributed by atoms with Crippen molar-refractivity contribution in [2.24, 2.45) is 0 Å². The van der Waals surface area contributed by atoms with Crippen molar-refractivity contribution in [1.29, 1.82) is 0 Å². The summed E-state index contributed by atoms with van der Waals surface area (Å²) in [5, 5.41) is 11.9. The number of nitrogens with zero attached hydrogens (tertiary/aromatic N) is 4. The Morgan fingerprint density at radius 1 is 1.43 bits per heavy atom. The molecule has 0 saturated carbocycles. The fraction of sp³-hybridized carbons (Fsp3) is 0.333. The second-order valence-electron chi connectivity index (χ2n) is 4.57. The van der Waals surface area contributed by atoms with E-state index >= 15 is 0 Å². The minimum Gasteiger partial charge on any atom is -0.383 e. The Morgan fingerprint density at radius 3 is 2.91 bits per heavy atom. The first kappa shape index (κ1) is 17.2. The predicted molar refractivity (Wildman–Crippen MR) is 89.1 cm³/mol. The number of carbonyl (C=O) groups is 1. The summed E-state index contributed by atoms with van der Waals surface area (Å²) >= 11 is 1.34. The number of ether oxygens (including phenoxy) is 1. The molecule has 0 radical (unpaired) electrons. The molecule has 8 heteroatoms. The zero-order valence-corrected chi connectivity index (χ0v) is 13.8. The van der Waals surface area contributed by atoms with Crippen LogP contribution in [0, 0.1) is 0 Å². The second-order valence-corrected chi connectivity index (χ2v) is 5.51. The van der Waals surface area contributed by atoms with E-state index in [1.807, 2.05) is 16.7 Å². The largest absolute Gasteiger partial charge is 0.383 e. The molecule has 2 aromatic heterocycles. The molecular formula is C15H19N5O2S. The third-order valence-electron chi connectivity index (χ3n) is 2.95. The molecule has 0 aliphatic rings. The molecule has 0 aromatic carbocycles. The lowest BCUT2D eigenvalue weighted by Crippen LogP contribution is -2.25. The highest BCUT2D eigenvalue weighted by Gasteiger charge is 2.15. The summed E-state index contributed by atoms with van der Waals surface area (Å²) in [6.07, 6.45) is 5.06. The molecule has 0 atom stereocenters. The SMILES string of the molecule is C=CCNC(=O)CSc1nnc(-c2ccncc2)n1CCOC. The first-order valence-electron chi connectivity index (χ1n) is 7.09. The van der Waals surface area contributed by atoms with Gasteiger partial charge in [-0.05, 0) is 12.1 Å². The fourth-order valence-electron chi connectivity index (χ4n) is 1.86. The van der Waals surface area contributed by atoms with Gasteiger partial charge in [-0.2, -0.15) is 0 Å². The van der Waals surface area contributed by atoms with Gasteiger partial charge in [-0.15, -0.1) is 16.8 Å². The van der Waals surface area contributed by atoms with E-state index in [0.29, 0.717) is 24.9 Å². The normalized spacial score (nSPS) is 10.5. The van der Waals surface area contributed by atoms with Crippen molar-refractivity contribution in [3.8, 4) is 11.4 Å². The van der Waals surface area contributed by atoms with Crippen LogP contribution in [0.1, 0.15) is 0 Å². The van der Waals surface area contributed by atoms with E-state index in [1.165, 1.54) is 11.8 Å². The molecule has 1 amide bonds. The summed E-state index contributed by atoms with van der Waals surface area (Å²) in [6, 6.07) is 3.75. The number of hydrogen-bond acceptors (Lipinski definition) is 6. The van der Waals surface area contributed by atoms with Crippen LogP contribution in [-0.4, -0.2) is 51.7 Å². The van der Waals surface area contributed by atoms with Gasteiger partial charge in [0.2, 0.25) is 5.91 Å². The number of amides is 1. The number of aromatic nitrogens is 4. The molecule has 1 N–H and O–H groups in total. The average molecular weight is 333 g/mol. The molecule has 0 aliphatic heterocycles. The van der Waals surface area contributed by atoms with Crippen molar-refractivity contribution >= 4 is 17.7 Å². The quantitative estimate of drug-likeness (QED) is 0.551. The van der Waals surface area contributed by atoms with Crippen molar-refractivity contribution in [2.45, 2.75) is 11.7 Å². The highest BCUT2D eigenvalue weighted by molar-refractivity contribution is 7.99. The highest BCUT2D eigenvalue weighted by atomic mass is 32.2. The molecule has 0 fully saturated rings. The van der Waals surface area contributed by atoms with E-state index in [2.05, 4.69) is 27.1 Å². The molecule has 0 bridgehead atoms. The van der Waals surface area contributed by atoms with Gasteiger partial charge in [-0.3, -0.25) is 14.3 Å². The highest BCUT2D eigenvalue weighted by Crippen LogP contribution is 2.23. The van der Waals surface area contributed by atoms with Gasteiger partial charge in [0, 0.05) is 31.6 Å². The maximum Gasteiger partial charge on any atom is 0.230 e. The predicted octanol–water partition coefficient (Wildman–Crippen LogP) is 1.38. The standard InChI is InChI=1S/C15H19N5O2S/c1-3-6-17-13(21)11-23-15-19-18-14(20(15)9-10-22-2)12-4-7-16-8-5-12/h3-5,7-8H,1,6,9-11H2,2H3,(H,17,21). The molecule has 0 unspecified atom stereocenters. The summed E-state index contributed by atoms with van der Waals surface area (Å²) in [7, 11) is 1.64. The van der Waals surface area contributed by atoms with Crippen molar-refractivity contribution in [3.63, 3.8) is 0 Å². The van der Waals surface area contributed by atoms with E-state index in [1.54, 1.807) is 25.6 Å². The monoisotopic (exact) mass is 333 g/mol. The van der Waals surface area contributed by atoms with Gasteiger partial charge in [-0.25, -0.2) is 0 Å². The van der Waals surface area contributed by atoms with Gasteiger partial charge >= 0.3 is 0 Å². The van der Waals surface area contributed by atoms with Crippen LogP contribution in [0.3, 0.4) is 0 Å². The summed E-state index contributed by atoms with van der Waals surface area (Å²) in [5.41, 5.74) is 0.923. The number of methoxy groups -OCH3 is 1. The molecule has 0 saturated heterocycles. The minimum absolute atomic E-state index is 0.0679. The lowest BCUT2D eigenvalue weighted by molar-refractivity contribution is -0.118. The zero-order valence-electron chi connectivity index (χ0n) is 12.9. The maximum atomic E-state index is 11.7. The van der Waals surface area contributed by atoms with Crippen molar-refractivity contribution in [1.82, 2.24) is 25.1 Å². The van der Waals surface area contributed by atoms with Crippen LogP contribution in [0.5, 0.6) is 0 Å². The summed E-state index contributed by atoms with van der Waals surface area (Å²) in [4.78, 5) is 15.7. The van der Waals surface area contributed by atoms with E-state index in [4.69, 9.17) is 4.74 Å². The van der Waals surface area contributed by atoms with E-state index in [0.717, 1.165) is 11.4 Å². The molecule has 2 heterocycles. The minimum atomic E-state index is -0.0679. The average Bonchev–Trinajstić information content (AvgIpc) is 2.99. The lowest BCUT2D eigenvalue weighted by atomic mass is 10.2. The van der Waals surface area contributed by atoms with Gasteiger partial charge in [-0.1, -0.05) is 17.8 Å². The number of carbonyl (C=O) groups excluding carboxylic acids is 1. The van der Waals surface area contributed by atoms with Crippen LogP contribution in [0.4, 0.5) is 0 Å². The Kier molecular flexibility index (Phi) is 6.76. The first-order valence-corrected chi connectivity index (χ1v) is 8.07. The van der Waals surface area contributed by atoms with Crippen LogP contribution in [-0.2, 0) is 16.1 Å². The molecule has 122 valence electrons. The Labute approximate surface area is 139 Å². The van der Waals surface area contributed by atoms with E-state index in [-0.39, 0.29) is 11.7 Å². The number of pyridine rings is 1. The van der Waals surface area contributed by atoms with E-state index < -0.39 is 0 Å². The van der Waals surface area contributed by atoms with Crippen LogP contribution in [0.2, 0.25) is 0 Å². The van der Waals surface area contributed by atoms with Crippen LogP contribution in [0.15, 0.2) is 42.3 Å². The molecule has 0 spiro atoms. The Morgan fingerprint density at radius 2 is 2.22 bits per heavy atom. The van der Waals surface area contributed by atoms with Gasteiger partial charge in [0.15, 0.2) is 11.0 Å². The van der Waals surface area contributed by atoms with Crippen molar-refractivity contribution in [2.75, 3.05) is 26.0 Å². The topological polar surface area (TPSA) is 81.9 Å². The Hall–Kier alpha value is -2.19. The molecule has 0 aliphatic carbocycles. The zero-order chi connectivity index (χ0) is 16.5. The first-order chi connectivity index (χ1) is 11.3. The molecule has 2 aromatic rings. The van der Waals surface area contributed by atoms with Crippen molar-refractivity contribution in [3.05, 3.63) is 37.2 Å². The van der Waals surface area contributed by atoms with Gasteiger partial charge in [0.1, 0.15) is 0 Å². The number of thioether (sulfide) groups is 1. The number of hydrogen-bond donors (Lipinski definition) is 1. The summed E-state index contributed by atoms with van der Waals surface area (Å²) in [6.45, 7) is 5.17.